The number of amides is 2. The maximum atomic E-state index is 13.4. The van der Waals surface area contributed by atoms with Crippen LogP contribution in [0.2, 0.25) is 0 Å². The molecule has 2 aliphatic heterocycles. The molecule has 2 aromatic carbocycles. The highest BCUT2D eigenvalue weighted by Crippen LogP contribution is 2.43. The van der Waals surface area contributed by atoms with E-state index in [1.807, 2.05) is 47.5 Å². The summed E-state index contributed by atoms with van der Waals surface area (Å²) in [5.74, 6) is 0.720. The first kappa shape index (κ1) is 19.4. The van der Waals surface area contributed by atoms with Crippen LogP contribution in [0.25, 0.3) is 11.1 Å². The Morgan fingerprint density at radius 1 is 1.10 bits per heavy atom. The lowest BCUT2D eigenvalue weighted by atomic mass is 9.85. The lowest BCUT2D eigenvalue weighted by Crippen LogP contribution is -2.38. The molecule has 0 saturated carbocycles. The third-order valence-electron chi connectivity index (χ3n) is 6.48. The molecule has 2 amide bonds. The number of nitrogens with one attached hydrogen (secondary N) is 1. The van der Waals surface area contributed by atoms with Gasteiger partial charge in [-0.25, -0.2) is 0 Å². The van der Waals surface area contributed by atoms with E-state index in [0.717, 1.165) is 23.2 Å². The van der Waals surface area contributed by atoms with E-state index in [4.69, 9.17) is 4.74 Å². The van der Waals surface area contributed by atoms with E-state index in [1.54, 1.807) is 30.3 Å². The van der Waals surface area contributed by atoms with Gasteiger partial charge in [-0.3, -0.25) is 14.7 Å². The van der Waals surface area contributed by atoms with Gasteiger partial charge < -0.3 is 14.5 Å². The number of ether oxygens (including phenoxy) is 1. The zero-order chi connectivity index (χ0) is 21.4. The van der Waals surface area contributed by atoms with Crippen molar-refractivity contribution in [2.75, 3.05) is 31.6 Å². The van der Waals surface area contributed by atoms with Crippen LogP contribution in [0, 0.1) is 5.41 Å². The second-order valence-electron chi connectivity index (χ2n) is 8.23. The highest BCUT2D eigenvalue weighted by atomic mass is 16.5. The number of benzene rings is 2. The van der Waals surface area contributed by atoms with Crippen LogP contribution in [0.4, 0.5) is 5.69 Å². The SMILES string of the molecule is COc1cccc(C(=O)N2CCC3(CCN(c4ccc(-c5cn[nH]c5)cc4)C3=O)C2)c1. The number of anilines is 1. The topological polar surface area (TPSA) is 78.5 Å². The maximum Gasteiger partial charge on any atom is 0.254 e. The van der Waals surface area contributed by atoms with Crippen LogP contribution >= 0.6 is 0 Å². The summed E-state index contributed by atoms with van der Waals surface area (Å²) >= 11 is 0. The van der Waals surface area contributed by atoms with Gasteiger partial charge in [-0.15, -0.1) is 0 Å². The number of methoxy groups -OCH3 is 1. The van der Waals surface area contributed by atoms with Crippen LogP contribution in [0.5, 0.6) is 5.75 Å². The number of likely N-dealkylation sites (tertiary alicyclic amines) is 1. The maximum absolute atomic E-state index is 13.4. The van der Waals surface area contributed by atoms with Crippen molar-refractivity contribution in [1.29, 1.82) is 0 Å². The number of carbonyl (C=O) groups excluding carboxylic acids is 2. The zero-order valence-corrected chi connectivity index (χ0v) is 17.4. The summed E-state index contributed by atoms with van der Waals surface area (Å²) in [6.07, 6.45) is 5.08. The molecule has 7 nitrogen and oxygen atoms in total. The Morgan fingerprint density at radius 2 is 1.90 bits per heavy atom. The molecule has 3 heterocycles. The molecule has 1 aromatic heterocycles. The van der Waals surface area contributed by atoms with E-state index >= 15 is 0 Å². The molecule has 2 fully saturated rings. The first-order chi connectivity index (χ1) is 15.1. The number of H-pyrrole nitrogens is 1. The number of aromatic nitrogens is 2. The van der Waals surface area contributed by atoms with Crippen molar-refractivity contribution in [3.8, 4) is 16.9 Å². The van der Waals surface area contributed by atoms with Gasteiger partial charge in [0.05, 0.1) is 18.7 Å². The Bertz CT molecular complexity index is 1110. The third kappa shape index (κ3) is 3.36. The molecule has 1 unspecified atom stereocenters. The van der Waals surface area contributed by atoms with Crippen LogP contribution in [0.3, 0.4) is 0 Å². The molecule has 158 valence electrons. The molecule has 2 saturated heterocycles. The van der Waals surface area contributed by atoms with Gasteiger partial charge in [-0.2, -0.15) is 5.10 Å². The van der Waals surface area contributed by atoms with Crippen LogP contribution in [-0.2, 0) is 4.79 Å². The fraction of sp³-hybridized carbons (Fsp3) is 0.292. The van der Waals surface area contributed by atoms with Crippen molar-refractivity contribution in [3.63, 3.8) is 0 Å². The highest BCUT2D eigenvalue weighted by molar-refractivity contribution is 6.02. The molecule has 0 aliphatic carbocycles. The van der Waals surface area contributed by atoms with Gasteiger partial charge in [-0.05, 0) is 48.7 Å². The van der Waals surface area contributed by atoms with E-state index in [-0.39, 0.29) is 11.8 Å². The molecular weight excluding hydrogens is 392 g/mol. The summed E-state index contributed by atoms with van der Waals surface area (Å²) in [5, 5.41) is 6.80. The molecular formula is C24H24N4O3. The lowest BCUT2D eigenvalue weighted by molar-refractivity contribution is -0.124. The predicted molar refractivity (Wildman–Crippen MR) is 117 cm³/mol. The summed E-state index contributed by atoms with van der Waals surface area (Å²) in [4.78, 5) is 30.1. The molecule has 1 N–H and O–H groups in total. The molecule has 31 heavy (non-hydrogen) atoms. The normalized spacial score (nSPS) is 20.6. The van der Waals surface area contributed by atoms with Crippen molar-refractivity contribution < 1.29 is 14.3 Å². The van der Waals surface area contributed by atoms with Crippen molar-refractivity contribution in [2.24, 2.45) is 5.41 Å². The number of hydrogen-bond donors (Lipinski definition) is 1. The smallest absolute Gasteiger partial charge is 0.254 e. The van der Waals surface area contributed by atoms with Gasteiger partial charge in [0.1, 0.15) is 5.75 Å². The molecule has 5 rings (SSSR count). The fourth-order valence-electron chi connectivity index (χ4n) is 4.67. The van der Waals surface area contributed by atoms with Crippen LogP contribution < -0.4 is 9.64 Å². The Hall–Kier alpha value is -3.61. The summed E-state index contributed by atoms with van der Waals surface area (Å²) < 4.78 is 5.24. The molecule has 2 aliphatic rings. The predicted octanol–water partition coefficient (Wildman–Crippen LogP) is 3.35. The van der Waals surface area contributed by atoms with Gasteiger partial charge >= 0.3 is 0 Å². The second kappa shape index (κ2) is 7.58. The minimum atomic E-state index is -0.488. The average Bonchev–Trinajstić information content (AvgIpc) is 3.56. The van der Waals surface area contributed by atoms with Gasteiger partial charge in [0.15, 0.2) is 0 Å². The number of rotatable bonds is 4. The van der Waals surface area contributed by atoms with Gasteiger partial charge in [-0.1, -0.05) is 18.2 Å². The minimum Gasteiger partial charge on any atom is -0.497 e. The van der Waals surface area contributed by atoms with Crippen molar-refractivity contribution in [3.05, 3.63) is 66.5 Å². The third-order valence-corrected chi connectivity index (χ3v) is 6.48. The number of nitrogens with zero attached hydrogens (tertiary/aromatic N) is 3. The lowest BCUT2D eigenvalue weighted by Gasteiger charge is -2.24. The summed E-state index contributed by atoms with van der Waals surface area (Å²) in [6, 6.07) is 15.1. The van der Waals surface area contributed by atoms with Gasteiger partial charge in [0, 0.05) is 42.6 Å². The Labute approximate surface area is 180 Å². The van der Waals surface area contributed by atoms with E-state index in [9.17, 15) is 9.59 Å². The molecule has 1 spiro atoms. The monoisotopic (exact) mass is 416 g/mol. The Balaban J connectivity index is 1.31. The van der Waals surface area contributed by atoms with Crippen LogP contribution in [-0.4, -0.2) is 53.7 Å². The van der Waals surface area contributed by atoms with E-state index in [2.05, 4.69) is 10.2 Å². The highest BCUT2D eigenvalue weighted by Gasteiger charge is 2.52. The quantitative estimate of drug-likeness (QED) is 0.707. The minimum absolute atomic E-state index is 0.0495. The Morgan fingerprint density at radius 3 is 2.65 bits per heavy atom. The summed E-state index contributed by atoms with van der Waals surface area (Å²) in [6.45, 7) is 1.73. The molecule has 7 heteroatoms. The zero-order valence-electron chi connectivity index (χ0n) is 17.4. The van der Waals surface area contributed by atoms with Gasteiger partial charge in [0.2, 0.25) is 5.91 Å². The van der Waals surface area contributed by atoms with Crippen molar-refractivity contribution >= 4 is 17.5 Å². The Kier molecular flexibility index (Phi) is 4.73. The fourth-order valence-corrected chi connectivity index (χ4v) is 4.67. The molecule has 0 bridgehead atoms. The van der Waals surface area contributed by atoms with Crippen molar-refractivity contribution in [2.45, 2.75) is 12.8 Å². The first-order valence-electron chi connectivity index (χ1n) is 10.4. The molecule has 0 radical (unpaired) electrons. The second-order valence-corrected chi connectivity index (χ2v) is 8.23. The number of carbonyl (C=O) groups is 2. The summed E-state index contributed by atoms with van der Waals surface area (Å²) in [7, 11) is 1.59. The van der Waals surface area contributed by atoms with E-state index in [0.29, 0.717) is 37.4 Å². The van der Waals surface area contributed by atoms with Crippen LogP contribution in [0.1, 0.15) is 23.2 Å². The largest absolute Gasteiger partial charge is 0.497 e. The first-order valence-corrected chi connectivity index (χ1v) is 10.4. The van der Waals surface area contributed by atoms with E-state index < -0.39 is 5.41 Å². The molecule has 3 aromatic rings. The molecule has 1 atom stereocenters. The average molecular weight is 416 g/mol. The van der Waals surface area contributed by atoms with Crippen molar-refractivity contribution in [1.82, 2.24) is 15.1 Å². The number of aromatic amines is 1. The standard InChI is InChI=1S/C24H24N4O3/c1-31-21-4-2-3-18(13-21)22(29)27-11-9-24(16-27)10-12-28(23(24)30)20-7-5-17(6-8-20)19-14-25-26-15-19/h2-8,13-15H,9-12,16H2,1H3,(H,25,26). The van der Waals surface area contributed by atoms with E-state index in [1.165, 1.54) is 0 Å². The van der Waals surface area contributed by atoms with Crippen LogP contribution in [0.15, 0.2) is 60.9 Å². The summed E-state index contributed by atoms with van der Waals surface area (Å²) in [5.41, 5.74) is 3.06. The van der Waals surface area contributed by atoms with Gasteiger partial charge in [0.25, 0.3) is 5.91 Å². The number of hydrogen-bond acceptors (Lipinski definition) is 4.